The first kappa shape index (κ1) is 14.7. The number of nitrogens with zero attached hydrogens (tertiary/aromatic N) is 2. The van der Waals surface area contributed by atoms with Crippen LogP contribution in [0.15, 0.2) is 28.8 Å². The Balaban J connectivity index is 2.10. The Morgan fingerprint density at radius 1 is 1.30 bits per heavy atom. The van der Waals surface area contributed by atoms with Crippen LogP contribution in [0.5, 0.6) is 0 Å². The van der Waals surface area contributed by atoms with Crippen LogP contribution in [0.3, 0.4) is 0 Å². The molecule has 1 aromatic heterocycles. The monoisotopic (exact) mass is 277 g/mol. The zero-order valence-electron chi connectivity index (χ0n) is 11.8. The first-order chi connectivity index (χ1) is 9.60. The normalized spacial score (nSPS) is 12.8. The van der Waals surface area contributed by atoms with Crippen LogP contribution in [0.1, 0.15) is 43.5 Å². The Morgan fingerprint density at radius 2 is 2.05 bits per heavy atom. The smallest absolute Gasteiger partial charge is 0.231 e. The van der Waals surface area contributed by atoms with Gasteiger partial charge in [0.15, 0.2) is 5.82 Å². The maximum atomic E-state index is 13.6. The Hall–Kier alpha value is -1.75. The molecule has 0 bridgehead atoms. The molecule has 2 N–H and O–H groups in total. The van der Waals surface area contributed by atoms with Crippen LogP contribution in [0, 0.1) is 11.7 Å². The van der Waals surface area contributed by atoms with E-state index in [-0.39, 0.29) is 11.7 Å². The molecule has 1 aromatic carbocycles. The zero-order valence-corrected chi connectivity index (χ0v) is 11.8. The summed E-state index contributed by atoms with van der Waals surface area (Å²) in [6.07, 6.45) is 1.23. The van der Waals surface area contributed by atoms with Crippen molar-refractivity contribution in [2.45, 2.75) is 32.6 Å². The first-order valence-electron chi connectivity index (χ1n) is 6.86. The summed E-state index contributed by atoms with van der Waals surface area (Å²) in [7, 11) is 0. The zero-order chi connectivity index (χ0) is 14.5. The molecule has 0 aliphatic rings. The molecule has 0 radical (unpaired) electrons. The predicted octanol–water partition coefficient (Wildman–Crippen LogP) is 2.89. The summed E-state index contributed by atoms with van der Waals surface area (Å²) < 4.78 is 18.8. The van der Waals surface area contributed by atoms with Gasteiger partial charge in [0.2, 0.25) is 5.89 Å². The van der Waals surface area contributed by atoms with E-state index in [0.29, 0.717) is 36.2 Å². The van der Waals surface area contributed by atoms with Crippen LogP contribution in [0.2, 0.25) is 0 Å². The summed E-state index contributed by atoms with van der Waals surface area (Å²) in [6, 6.07) is 6.60. The lowest BCUT2D eigenvalue weighted by Crippen LogP contribution is -2.15. The molecule has 0 aliphatic carbocycles. The summed E-state index contributed by atoms with van der Waals surface area (Å²) in [4.78, 5) is 4.35. The highest BCUT2D eigenvalue weighted by Crippen LogP contribution is 2.22. The van der Waals surface area contributed by atoms with Gasteiger partial charge in [-0.25, -0.2) is 4.39 Å². The Bertz CT molecular complexity index is 554. The van der Waals surface area contributed by atoms with Crippen molar-refractivity contribution < 1.29 is 8.91 Å². The topological polar surface area (TPSA) is 64.9 Å². The molecular weight excluding hydrogens is 257 g/mol. The van der Waals surface area contributed by atoms with Gasteiger partial charge < -0.3 is 10.3 Å². The van der Waals surface area contributed by atoms with Gasteiger partial charge in [0.05, 0.1) is 5.92 Å². The van der Waals surface area contributed by atoms with E-state index in [9.17, 15) is 4.39 Å². The van der Waals surface area contributed by atoms with E-state index < -0.39 is 0 Å². The van der Waals surface area contributed by atoms with Gasteiger partial charge in [-0.1, -0.05) is 37.2 Å². The average molecular weight is 277 g/mol. The molecule has 4 nitrogen and oxygen atoms in total. The van der Waals surface area contributed by atoms with Crippen molar-refractivity contribution >= 4 is 0 Å². The number of benzene rings is 1. The highest BCUT2D eigenvalue weighted by molar-refractivity contribution is 5.20. The van der Waals surface area contributed by atoms with E-state index in [1.807, 2.05) is 0 Å². The number of hydrogen-bond acceptors (Lipinski definition) is 4. The molecule has 0 aliphatic heterocycles. The fourth-order valence-electron chi connectivity index (χ4n) is 2.18. The first-order valence-corrected chi connectivity index (χ1v) is 6.86. The summed E-state index contributed by atoms with van der Waals surface area (Å²) in [5.41, 5.74) is 6.31. The molecule has 0 fully saturated rings. The average Bonchev–Trinajstić information content (AvgIpc) is 2.87. The molecule has 0 spiro atoms. The van der Waals surface area contributed by atoms with Crippen molar-refractivity contribution in [1.82, 2.24) is 10.1 Å². The third-order valence-electron chi connectivity index (χ3n) is 3.18. The number of halogens is 1. The van der Waals surface area contributed by atoms with Crippen LogP contribution in [-0.2, 0) is 6.42 Å². The van der Waals surface area contributed by atoms with E-state index in [0.717, 1.165) is 6.42 Å². The fraction of sp³-hybridized carbons (Fsp3) is 0.467. The lowest BCUT2D eigenvalue weighted by Gasteiger charge is -2.11. The highest BCUT2D eigenvalue weighted by Gasteiger charge is 2.19. The summed E-state index contributed by atoms with van der Waals surface area (Å²) >= 11 is 0. The van der Waals surface area contributed by atoms with Crippen molar-refractivity contribution in [2.75, 3.05) is 6.54 Å². The van der Waals surface area contributed by atoms with Crippen LogP contribution >= 0.6 is 0 Å². The van der Waals surface area contributed by atoms with Crippen LogP contribution in [0.25, 0.3) is 0 Å². The summed E-state index contributed by atoms with van der Waals surface area (Å²) in [5, 5.41) is 3.92. The molecule has 0 saturated carbocycles. The third kappa shape index (κ3) is 3.63. The maximum absolute atomic E-state index is 13.6. The van der Waals surface area contributed by atoms with Crippen molar-refractivity contribution in [3.05, 3.63) is 47.4 Å². The standard InChI is InChI=1S/C15H20FN3O/c1-10(2)7-12(9-17)15-18-14(19-20-15)8-11-5-3-4-6-13(11)16/h3-6,10,12H,7-9,17H2,1-2H3. The molecule has 0 saturated heterocycles. The molecule has 108 valence electrons. The molecule has 1 unspecified atom stereocenters. The van der Waals surface area contributed by atoms with Crippen LogP contribution in [0.4, 0.5) is 4.39 Å². The van der Waals surface area contributed by atoms with E-state index in [1.54, 1.807) is 18.2 Å². The maximum Gasteiger partial charge on any atom is 0.231 e. The number of rotatable bonds is 6. The predicted molar refractivity (Wildman–Crippen MR) is 74.8 cm³/mol. The highest BCUT2D eigenvalue weighted by atomic mass is 19.1. The minimum absolute atomic E-state index is 0.0665. The SMILES string of the molecule is CC(C)CC(CN)c1nc(Cc2ccccc2F)no1. The number of nitrogens with two attached hydrogens (primary N) is 1. The Kier molecular flexibility index (Phi) is 4.84. The van der Waals surface area contributed by atoms with Gasteiger partial charge in [-0.2, -0.15) is 4.98 Å². The minimum atomic E-state index is -0.253. The summed E-state index contributed by atoms with van der Waals surface area (Å²) in [6.45, 7) is 4.72. The molecular formula is C15H20FN3O. The minimum Gasteiger partial charge on any atom is -0.339 e. The lowest BCUT2D eigenvalue weighted by atomic mass is 9.97. The molecule has 20 heavy (non-hydrogen) atoms. The molecule has 1 atom stereocenters. The van der Waals surface area contributed by atoms with Crippen molar-refractivity contribution in [2.24, 2.45) is 11.7 Å². The van der Waals surface area contributed by atoms with Gasteiger partial charge in [-0.05, 0) is 24.0 Å². The van der Waals surface area contributed by atoms with E-state index >= 15 is 0 Å². The Labute approximate surface area is 118 Å². The van der Waals surface area contributed by atoms with Crippen LogP contribution in [-0.4, -0.2) is 16.7 Å². The number of aromatic nitrogens is 2. The fourth-order valence-corrected chi connectivity index (χ4v) is 2.18. The molecule has 2 aromatic rings. The van der Waals surface area contributed by atoms with E-state index in [4.69, 9.17) is 10.3 Å². The molecule has 0 amide bonds. The van der Waals surface area contributed by atoms with Crippen molar-refractivity contribution in [1.29, 1.82) is 0 Å². The van der Waals surface area contributed by atoms with E-state index in [2.05, 4.69) is 24.0 Å². The van der Waals surface area contributed by atoms with Gasteiger partial charge >= 0.3 is 0 Å². The van der Waals surface area contributed by atoms with Gasteiger partial charge in [0.1, 0.15) is 5.82 Å². The van der Waals surface area contributed by atoms with E-state index in [1.165, 1.54) is 6.07 Å². The molecule has 2 rings (SSSR count). The molecule has 1 heterocycles. The van der Waals surface area contributed by atoms with Gasteiger partial charge in [-0.3, -0.25) is 0 Å². The third-order valence-corrected chi connectivity index (χ3v) is 3.18. The lowest BCUT2D eigenvalue weighted by molar-refractivity contribution is 0.332. The Morgan fingerprint density at radius 3 is 2.70 bits per heavy atom. The second-order valence-corrected chi connectivity index (χ2v) is 5.38. The second kappa shape index (κ2) is 6.61. The quantitative estimate of drug-likeness (QED) is 0.881. The van der Waals surface area contributed by atoms with Crippen molar-refractivity contribution in [3.63, 3.8) is 0 Å². The largest absolute Gasteiger partial charge is 0.339 e. The van der Waals surface area contributed by atoms with Gasteiger partial charge in [0, 0.05) is 13.0 Å². The number of hydrogen-bond donors (Lipinski definition) is 1. The van der Waals surface area contributed by atoms with Gasteiger partial charge in [0.25, 0.3) is 0 Å². The summed E-state index contributed by atoms with van der Waals surface area (Å²) in [5.74, 6) is 1.36. The second-order valence-electron chi connectivity index (χ2n) is 5.38. The molecule has 5 heteroatoms. The van der Waals surface area contributed by atoms with Crippen LogP contribution < -0.4 is 5.73 Å². The van der Waals surface area contributed by atoms with Gasteiger partial charge in [-0.15, -0.1) is 0 Å². The van der Waals surface area contributed by atoms with Crippen molar-refractivity contribution in [3.8, 4) is 0 Å².